The third kappa shape index (κ3) is 3.49. The number of aromatic nitrogens is 4. The lowest BCUT2D eigenvalue weighted by Gasteiger charge is -2.25. The monoisotopic (exact) mass is 335 g/mol. The van der Waals surface area contributed by atoms with Gasteiger partial charge in [0, 0.05) is 13.0 Å². The van der Waals surface area contributed by atoms with Gasteiger partial charge in [0.15, 0.2) is 11.6 Å². The summed E-state index contributed by atoms with van der Waals surface area (Å²) in [5.41, 5.74) is -0.267. The van der Waals surface area contributed by atoms with Gasteiger partial charge in [-0.15, -0.1) is 0 Å². The van der Waals surface area contributed by atoms with Crippen molar-refractivity contribution in [3.05, 3.63) is 23.4 Å². The molecule has 0 bridgehead atoms. The zero-order valence-electron chi connectivity index (χ0n) is 14.5. The molecule has 0 spiro atoms. The van der Waals surface area contributed by atoms with Crippen LogP contribution in [0.3, 0.4) is 0 Å². The van der Waals surface area contributed by atoms with E-state index in [1.807, 2.05) is 20.8 Å². The van der Waals surface area contributed by atoms with Crippen molar-refractivity contribution in [2.45, 2.75) is 71.1 Å². The molecule has 1 atom stereocenters. The lowest BCUT2D eigenvalue weighted by Crippen LogP contribution is -2.40. The van der Waals surface area contributed by atoms with E-state index in [1.165, 1.54) is 0 Å². The second kappa shape index (κ2) is 7.40. The minimum absolute atomic E-state index is 0.169. The number of nitrogens with zero attached hydrogens (tertiary/aromatic N) is 4. The highest BCUT2D eigenvalue weighted by Crippen LogP contribution is 2.37. The van der Waals surface area contributed by atoms with E-state index in [4.69, 9.17) is 13.8 Å². The first-order chi connectivity index (χ1) is 11.7. The third-order valence-corrected chi connectivity index (χ3v) is 4.50. The predicted octanol–water partition coefficient (Wildman–Crippen LogP) is 2.67. The van der Waals surface area contributed by atoms with E-state index in [0.717, 1.165) is 37.9 Å². The number of nitrogens with one attached hydrogen (secondary N) is 1. The van der Waals surface area contributed by atoms with Crippen LogP contribution >= 0.6 is 0 Å². The van der Waals surface area contributed by atoms with Crippen molar-refractivity contribution >= 4 is 0 Å². The number of ether oxygens (including phenoxy) is 1. The molecule has 1 aliphatic rings. The van der Waals surface area contributed by atoms with Crippen LogP contribution in [-0.4, -0.2) is 26.9 Å². The highest BCUT2D eigenvalue weighted by atomic mass is 16.5. The van der Waals surface area contributed by atoms with Crippen LogP contribution in [0.5, 0.6) is 0 Å². The van der Waals surface area contributed by atoms with E-state index in [9.17, 15) is 0 Å². The maximum atomic E-state index is 5.49. The SMILES string of the molecule is CCOC(C)c1noc(CNC2(c3noc(CC)n3)CCCC2)n1. The summed E-state index contributed by atoms with van der Waals surface area (Å²) in [5, 5.41) is 11.7. The summed E-state index contributed by atoms with van der Waals surface area (Å²) >= 11 is 0. The summed E-state index contributed by atoms with van der Waals surface area (Å²) in [6.45, 7) is 6.95. The first-order valence-electron chi connectivity index (χ1n) is 8.69. The Morgan fingerprint density at radius 1 is 1.12 bits per heavy atom. The molecular weight excluding hydrogens is 310 g/mol. The molecule has 2 aromatic rings. The molecule has 3 rings (SSSR count). The van der Waals surface area contributed by atoms with Gasteiger partial charge in [-0.25, -0.2) is 0 Å². The fourth-order valence-corrected chi connectivity index (χ4v) is 3.13. The molecule has 1 unspecified atom stereocenters. The topological polar surface area (TPSA) is 99.1 Å². The molecule has 8 nitrogen and oxygen atoms in total. The number of hydrogen-bond acceptors (Lipinski definition) is 8. The standard InChI is InChI=1S/C16H25N5O3/c1-4-12-19-15(21-23-12)16(8-6-7-9-16)17-10-13-18-14(20-24-13)11(3)22-5-2/h11,17H,4-10H2,1-3H3. The van der Waals surface area contributed by atoms with E-state index in [1.54, 1.807) is 0 Å². The summed E-state index contributed by atoms with van der Waals surface area (Å²) in [6, 6.07) is 0. The average Bonchev–Trinajstić information content (AvgIpc) is 3.32. The Balaban J connectivity index is 1.69. The summed E-state index contributed by atoms with van der Waals surface area (Å²) in [4.78, 5) is 8.93. The van der Waals surface area contributed by atoms with Crippen molar-refractivity contribution in [2.24, 2.45) is 0 Å². The Morgan fingerprint density at radius 2 is 1.88 bits per heavy atom. The van der Waals surface area contributed by atoms with Gasteiger partial charge in [-0.1, -0.05) is 30.1 Å². The Labute approximate surface area is 141 Å². The summed E-state index contributed by atoms with van der Waals surface area (Å²) in [6.07, 6.45) is 4.81. The van der Waals surface area contributed by atoms with Gasteiger partial charge in [-0.05, 0) is 26.7 Å². The van der Waals surface area contributed by atoms with Crippen LogP contribution in [0.4, 0.5) is 0 Å². The van der Waals surface area contributed by atoms with E-state index in [-0.39, 0.29) is 11.6 Å². The molecule has 132 valence electrons. The van der Waals surface area contributed by atoms with Gasteiger partial charge in [0.1, 0.15) is 6.10 Å². The number of hydrogen-bond donors (Lipinski definition) is 1. The van der Waals surface area contributed by atoms with Crippen LogP contribution < -0.4 is 5.32 Å². The molecule has 2 heterocycles. The molecule has 1 aliphatic carbocycles. The Hall–Kier alpha value is -1.80. The highest BCUT2D eigenvalue weighted by Gasteiger charge is 2.40. The van der Waals surface area contributed by atoms with Gasteiger partial charge in [0.2, 0.25) is 11.8 Å². The predicted molar refractivity (Wildman–Crippen MR) is 85.0 cm³/mol. The fourth-order valence-electron chi connectivity index (χ4n) is 3.13. The molecule has 0 aromatic carbocycles. The summed E-state index contributed by atoms with van der Waals surface area (Å²) < 4.78 is 16.1. The normalized spacial score (nSPS) is 18.1. The molecule has 0 radical (unpaired) electrons. The summed E-state index contributed by atoms with van der Waals surface area (Å²) in [5.74, 6) is 2.52. The van der Waals surface area contributed by atoms with Crippen molar-refractivity contribution < 1.29 is 13.8 Å². The number of rotatable bonds is 8. The summed E-state index contributed by atoms with van der Waals surface area (Å²) in [7, 11) is 0. The van der Waals surface area contributed by atoms with Crippen molar-refractivity contribution in [3.8, 4) is 0 Å². The van der Waals surface area contributed by atoms with Crippen molar-refractivity contribution in [2.75, 3.05) is 6.61 Å². The van der Waals surface area contributed by atoms with E-state index >= 15 is 0 Å². The van der Waals surface area contributed by atoms with Crippen LogP contribution in [0.1, 0.15) is 76.0 Å². The average molecular weight is 335 g/mol. The maximum Gasteiger partial charge on any atom is 0.240 e. The quantitative estimate of drug-likeness (QED) is 0.786. The highest BCUT2D eigenvalue weighted by molar-refractivity contribution is 5.08. The van der Waals surface area contributed by atoms with Crippen LogP contribution in [0, 0.1) is 0 Å². The van der Waals surface area contributed by atoms with Crippen molar-refractivity contribution in [1.29, 1.82) is 0 Å². The fraction of sp³-hybridized carbons (Fsp3) is 0.750. The Kier molecular flexibility index (Phi) is 5.25. The Bertz CT molecular complexity index is 648. The minimum Gasteiger partial charge on any atom is -0.371 e. The van der Waals surface area contributed by atoms with Crippen LogP contribution in [0.15, 0.2) is 9.05 Å². The van der Waals surface area contributed by atoms with E-state index in [0.29, 0.717) is 30.8 Å². The molecule has 0 saturated heterocycles. The van der Waals surface area contributed by atoms with E-state index in [2.05, 4.69) is 25.6 Å². The molecule has 8 heteroatoms. The first kappa shape index (κ1) is 17.0. The van der Waals surface area contributed by atoms with Crippen LogP contribution in [-0.2, 0) is 23.2 Å². The van der Waals surface area contributed by atoms with Crippen molar-refractivity contribution in [3.63, 3.8) is 0 Å². The second-order valence-electron chi connectivity index (χ2n) is 6.15. The van der Waals surface area contributed by atoms with Gasteiger partial charge in [-0.3, -0.25) is 5.32 Å². The number of aryl methyl sites for hydroxylation is 1. The van der Waals surface area contributed by atoms with Crippen LogP contribution in [0.25, 0.3) is 0 Å². The third-order valence-electron chi connectivity index (χ3n) is 4.50. The molecule has 24 heavy (non-hydrogen) atoms. The molecule has 2 aromatic heterocycles. The molecule has 0 amide bonds. The van der Waals surface area contributed by atoms with Crippen LogP contribution in [0.2, 0.25) is 0 Å². The van der Waals surface area contributed by atoms with Crippen molar-refractivity contribution in [1.82, 2.24) is 25.6 Å². The van der Waals surface area contributed by atoms with Gasteiger partial charge in [0.25, 0.3) is 0 Å². The smallest absolute Gasteiger partial charge is 0.240 e. The maximum absolute atomic E-state index is 5.49. The Morgan fingerprint density at radius 3 is 2.54 bits per heavy atom. The van der Waals surface area contributed by atoms with Gasteiger partial charge in [-0.2, -0.15) is 9.97 Å². The zero-order chi connectivity index (χ0) is 17.0. The molecule has 1 fully saturated rings. The lowest BCUT2D eigenvalue weighted by molar-refractivity contribution is 0.0683. The zero-order valence-corrected chi connectivity index (χ0v) is 14.5. The van der Waals surface area contributed by atoms with Gasteiger partial charge >= 0.3 is 0 Å². The molecule has 0 aliphatic heterocycles. The minimum atomic E-state index is -0.267. The second-order valence-corrected chi connectivity index (χ2v) is 6.15. The van der Waals surface area contributed by atoms with Gasteiger partial charge in [0.05, 0.1) is 12.1 Å². The molecule has 1 saturated carbocycles. The largest absolute Gasteiger partial charge is 0.371 e. The molecular formula is C16H25N5O3. The first-order valence-corrected chi connectivity index (χ1v) is 8.69. The lowest BCUT2D eigenvalue weighted by atomic mass is 9.96. The van der Waals surface area contributed by atoms with Gasteiger partial charge < -0.3 is 13.8 Å². The molecule has 1 N–H and O–H groups in total. The van der Waals surface area contributed by atoms with E-state index < -0.39 is 0 Å².